The zero-order valence-electron chi connectivity index (χ0n) is 12.3. The Hall–Kier alpha value is -0.380. The Morgan fingerprint density at radius 1 is 1.33 bits per heavy atom. The summed E-state index contributed by atoms with van der Waals surface area (Å²) in [6.07, 6.45) is 2.32. The van der Waals surface area contributed by atoms with E-state index in [1.807, 2.05) is 11.3 Å². The largest absolute Gasteiger partial charge is 0.330 e. The Balaban J connectivity index is 2.73. The first-order chi connectivity index (χ1) is 8.56. The molecule has 1 aromatic rings. The topological polar surface area (TPSA) is 29.3 Å². The van der Waals surface area contributed by atoms with Crippen molar-refractivity contribution in [1.29, 1.82) is 0 Å². The van der Waals surface area contributed by atoms with Gasteiger partial charge in [-0.1, -0.05) is 19.9 Å². The molecule has 0 bridgehead atoms. The van der Waals surface area contributed by atoms with E-state index in [9.17, 15) is 0 Å². The van der Waals surface area contributed by atoms with Gasteiger partial charge in [-0.05, 0) is 50.1 Å². The van der Waals surface area contributed by atoms with Crippen LogP contribution in [-0.2, 0) is 6.54 Å². The van der Waals surface area contributed by atoms with E-state index in [2.05, 4.69) is 50.1 Å². The second-order valence-electron chi connectivity index (χ2n) is 5.49. The highest BCUT2D eigenvalue weighted by Crippen LogP contribution is 2.28. The summed E-state index contributed by atoms with van der Waals surface area (Å²) in [5, 5.41) is 2.16. The van der Waals surface area contributed by atoms with Crippen molar-refractivity contribution >= 4 is 11.3 Å². The monoisotopic (exact) mass is 268 g/mol. The first-order valence-electron chi connectivity index (χ1n) is 7.03. The molecular weight excluding hydrogens is 240 g/mol. The average Bonchev–Trinajstić information content (AvgIpc) is 2.87. The van der Waals surface area contributed by atoms with Gasteiger partial charge >= 0.3 is 0 Å². The van der Waals surface area contributed by atoms with E-state index in [0.29, 0.717) is 6.04 Å². The van der Waals surface area contributed by atoms with Gasteiger partial charge in [-0.15, -0.1) is 11.3 Å². The molecular formula is C15H28N2S. The summed E-state index contributed by atoms with van der Waals surface area (Å²) < 4.78 is 0. The van der Waals surface area contributed by atoms with Crippen LogP contribution in [0.3, 0.4) is 0 Å². The molecule has 18 heavy (non-hydrogen) atoms. The van der Waals surface area contributed by atoms with Crippen molar-refractivity contribution in [2.24, 2.45) is 11.1 Å². The van der Waals surface area contributed by atoms with E-state index < -0.39 is 0 Å². The van der Waals surface area contributed by atoms with Gasteiger partial charge in [0.05, 0.1) is 0 Å². The molecule has 0 aliphatic rings. The Morgan fingerprint density at radius 2 is 2.00 bits per heavy atom. The molecule has 1 rings (SSSR count). The number of nitrogens with zero attached hydrogens (tertiary/aromatic N) is 1. The summed E-state index contributed by atoms with van der Waals surface area (Å²) in [5.74, 6) is 0. The van der Waals surface area contributed by atoms with Crippen LogP contribution < -0.4 is 5.73 Å². The molecule has 0 aromatic carbocycles. The zero-order chi connectivity index (χ0) is 13.6. The minimum Gasteiger partial charge on any atom is -0.330 e. The van der Waals surface area contributed by atoms with Crippen molar-refractivity contribution < 1.29 is 0 Å². The first kappa shape index (κ1) is 15.7. The van der Waals surface area contributed by atoms with E-state index >= 15 is 0 Å². The van der Waals surface area contributed by atoms with E-state index in [0.717, 1.165) is 32.5 Å². The van der Waals surface area contributed by atoms with E-state index in [1.54, 1.807) is 0 Å². The van der Waals surface area contributed by atoms with Crippen LogP contribution in [0.25, 0.3) is 0 Å². The van der Waals surface area contributed by atoms with Crippen molar-refractivity contribution in [3.63, 3.8) is 0 Å². The summed E-state index contributed by atoms with van der Waals surface area (Å²) in [4.78, 5) is 4.01. The number of thiophene rings is 1. The van der Waals surface area contributed by atoms with Crippen LogP contribution in [0.15, 0.2) is 17.5 Å². The maximum atomic E-state index is 6.03. The second kappa shape index (κ2) is 7.27. The molecule has 2 N–H and O–H groups in total. The lowest BCUT2D eigenvalue weighted by molar-refractivity contribution is 0.111. The van der Waals surface area contributed by atoms with E-state index in [-0.39, 0.29) is 5.41 Å². The van der Waals surface area contributed by atoms with Gasteiger partial charge in [0, 0.05) is 24.0 Å². The van der Waals surface area contributed by atoms with Crippen LogP contribution >= 0.6 is 11.3 Å². The Morgan fingerprint density at radius 3 is 2.39 bits per heavy atom. The minimum atomic E-state index is 0.279. The third kappa shape index (κ3) is 4.08. The Kier molecular flexibility index (Phi) is 6.33. The number of nitrogens with two attached hydrogens (primary N) is 1. The quantitative estimate of drug-likeness (QED) is 0.778. The maximum absolute atomic E-state index is 6.03. The molecule has 0 atom stereocenters. The fraction of sp³-hybridized carbons (Fsp3) is 0.733. The van der Waals surface area contributed by atoms with Crippen LogP contribution in [-0.4, -0.2) is 24.0 Å². The first-order valence-corrected chi connectivity index (χ1v) is 7.91. The standard InChI is InChI=1S/C15H28N2S/c1-5-15(6-2,11-16)12-17(13(3)4)10-14-8-7-9-18-14/h7-9,13H,5-6,10-12,16H2,1-4H3. The van der Waals surface area contributed by atoms with Gasteiger partial charge in [0.2, 0.25) is 0 Å². The van der Waals surface area contributed by atoms with Crippen LogP contribution in [0.1, 0.15) is 45.4 Å². The SMILES string of the molecule is CCC(CC)(CN)CN(Cc1cccs1)C(C)C. The molecule has 0 saturated carbocycles. The third-order valence-electron chi connectivity index (χ3n) is 4.14. The lowest BCUT2D eigenvalue weighted by Crippen LogP contribution is -2.44. The highest BCUT2D eigenvalue weighted by Gasteiger charge is 2.28. The van der Waals surface area contributed by atoms with Crippen LogP contribution in [0, 0.1) is 5.41 Å². The van der Waals surface area contributed by atoms with Crippen molar-refractivity contribution in [2.75, 3.05) is 13.1 Å². The van der Waals surface area contributed by atoms with Crippen LogP contribution in [0.4, 0.5) is 0 Å². The fourth-order valence-corrected chi connectivity index (χ4v) is 3.01. The van der Waals surface area contributed by atoms with E-state index in [4.69, 9.17) is 5.73 Å². The van der Waals surface area contributed by atoms with Gasteiger partial charge in [-0.2, -0.15) is 0 Å². The number of rotatable bonds is 8. The van der Waals surface area contributed by atoms with Gasteiger partial charge in [-0.25, -0.2) is 0 Å². The van der Waals surface area contributed by atoms with Gasteiger partial charge in [-0.3, -0.25) is 4.90 Å². The van der Waals surface area contributed by atoms with Crippen molar-refractivity contribution in [3.8, 4) is 0 Å². The third-order valence-corrected chi connectivity index (χ3v) is 5.00. The summed E-state index contributed by atoms with van der Waals surface area (Å²) >= 11 is 1.84. The predicted octanol–water partition coefficient (Wildman–Crippen LogP) is 3.72. The Labute approximate surface area is 116 Å². The normalized spacial score (nSPS) is 12.6. The molecule has 104 valence electrons. The summed E-state index contributed by atoms with van der Waals surface area (Å²) in [7, 11) is 0. The van der Waals surface area contributed by atoms with Crippen molar-refractivity contribution in [2.45, 2.75) is 53.1 Å². The highest BCUT2D eigenvalue weighted by molar-refractivity contribution is 7.09. The fourth-order valence-electron chi connectivity index (χ4n) is 2.28. The molecule has 0 amide bonds. The second-order valence-corrected chi connectivity index (χ2v) is 6.52. The van der Waals surface area contributed by atoms with Crippen molar-refractivity contribution in [1.82, 2.24) is 4.90 Å². The van der Waals surface area contributed by atoms with Crippen molar-refractivity contribution in [3.05, 3.63) is 22.4 Å². The molecule has 2 nitrogen and oxygen atoms in total. The molecule has 1 heterocycles. The summed E-state index contributed by atoms with van der Waals surface area (Å²) in [5.41, 5.74) is 6.31. The van der Waals surface area contributed by atoms with Gasteiger partial charge < -0.3 is 5.73 Å². The minimum absolute atomic E-state index is 0.279. The van der Waals surface area contributed by atoms with Gasteiger partial charge in [0.1, 0.15) is 0 Å². The lowest BCUT2D eigenvalue weighted by atomic mass is 9.81. The van der Waals surface area contributed by atoms with Gasteiger partial charge in [0.15, 0.2) is 0 Å². The molecule has 1 aromatic heterocycles. The highest BCUT2D eigenvalue weighted by atomic mass is 32.1. The smallest absolute Gasteiger partial charge is 0.0330 e. The molecule has 0 radical (unpaired) electrons. The molecule has 0 unspecified atom stereocenters. The number of hydrogen-bond acceptors (Lipinski definition) is 3. The lowest BCUT2D eigenvalue weighted by Gasteiger charge is -2.38. The van der Waals surface area contributed by atoms with Crippen LogP contribution in [0.2, 0.25) is 0 Å². The van der Waals surface area contributed by atoms with Crippen LogP contribution in [0.5, 0.6) is 0 Å². The summed E-state index contributed by atoms with van der Waals surface area (Å²) in [6, 6.07) is 4.92. The average molecular weight is 268 g/mol. The maximum Gasteiger partial charge on any atom is 0.0330 e. The molecule has 0 spiro atoms. The van der Waals surface area contributed by atoms with Gasteiger partial charge in [0.25, 0.3) is 0 Å². The summed E-state index contributed by atoms with van der Waals surface area (Å²) in [6.45, 7) is 12.0. The predicted molar refractivity (Wildman–Crippen MR) is 81.9 cm³/mol. The van der Waals surface area contributed by atoms with E-state index in [1.165, 1.54) is 4.88 Å². The molecule has 0 fully saturated rings. The molecule has 3 heteroatoms. The Bertz CT molecular complexity index is 307. The molecule has 0 aliphatic carbocycles. The zero-order valence-corrected chi connectivity index (χ0v) is 13.1. The molecule has 0 aliphatic heterocycles. The number of hydrogen-bond donors (Lipinski definition) is 1. The molecule has 0 saturated heterocycles.